The second kappa shape index (κ2) is 5.35. The van der Waals surface area contributed by atoms with Crippen molar-refractivity contribution >= 4 is 23.6 Å². The quantitative estimate of drug-likeness (QED) is 0.550. The number of amides is 1. The second-order valence-electron chi connectivity index (χ2n) is 6.14. The number of nitrogens with zero attached hydrogens (tertiary/aromatic N) is 2. The number of rotatable bonds is 3. The Labute approximate surface area is 138 Å². The summed E-state index contributed by atoms with van der Waals surface area (Å²) in [4.78, 5) is 24.9. The van der Waals surface area contributed by atoms with Gasteiger partial charge in [0.15, 0.2) is 18.4 Å². The van der Waals surface area contributed by atoms with E-state index >= 15 is 0 Å². The highest BCUT2D eigenvalue weighted by molar-refractivity contribution is 8.00. The van der Waals surface area contributed by atoms with Gasteiger partial charge in [0.05, 0.1) is 11.7 Å². The van der Waals surface area contributed by atoms with Crippen LogP contribution in [0.4, 0.5) is 0 Å². The zero-order valence-electron chi connectivity index (χ0n) is 12.5. The lowest BCUT2D eigenvalue weighted by atomic mass is 10.0. The van der Waals surface area contributed by atoms with Crippen molar-refractivity contribution in [2.24, 2.45) is 5.73 Å². The maximum Gasteiger partial charge on any atom is 0.248 e. The van der Waals surface area contributed by atoms with Crippen molar-refractivity contribution in [2.45, 2.75) is 37.2 Å². The van der Waals surface area contributed by atoms with Crippen molar-refractivity contribution < 1.29 is 19.3 Å². The number of aliphatic carboxylic acids is 1. The van der Waals surface area contributed by atoms with E-state index < -0.39 is 12.0 Å². The predicted octanol–water partition coefficient (Wildman–Crippen LogP) is -1.29. The normalized spacial score (nSPS) is 26.0. The molecule has 1 aromatic heterocycles. The number of aromatic nitrogens is 1. The number of pyridine rings is 1. The van der Waals surface area contributed by atoms with Gasteiger partial charge in [-0.15, -0.1) is 11.8 Å². The molecule has 4 rings (SSSR count). The Hall–Kier alpha value is -1.86. The fourth-order valence-corrected chi connectivity index (χ4v) is 4.94. The molecule has 1 fully saturated rings. The fraction of sp³-hybridized carbons (Fsp3) is 0.438. The van der Waals surface area contributed by atoms with Crippen LogP contribution in [-0.4, -0.2) is 33.9 Å². The number of nitrogens with two attached hydrogens (primary N) is 1. The molecule has 2 unspecified atom stereocenters. The molecule has 0 spiro atoms. The standard InChI is InChI=1S/C16H17N3O3S/c17-12-14(20)19-13(16(21)22)10(8-23-15(12)19)7-18-6-2-4-9-3-1-5-11(9)18/h2,4,6,12,15H,1,3,5,7-8,17H2. The number of fused-ring (bicyclic) bond motifs is 2. The summed E-state index contributed by atoms with van der Waals surface area (Å²) in [7, 11) is 0. The van der Waals surface area contributed by atoms with Crippen molar-refractivity contribution in [1.29, 1.82) is 0 Å². The van der Waals surface area contributed by atoms with E-state index in [4.69, 9.17) is 5.73 Å². The van der Waals surface area contributed by atoms with Crippen LogP contribution in [0, 0.1) is 0 Å². The minimum Gasteiger partial charge on any atom is -0.543 e. The Morgan fingerprint density at radius 2 is 2.30 bits per heavy atom. The number of carboxylic acids is 1. The number of β-lactam (4-membered cyclic amide) rings is 1. The van der Waals surface area contributed by atoms with E-state index in [1.807, 2.05) is 12.3 Å². The van der Waals surface area contributed by atoms with Crippen molar-refractivity contribution in [3.63, 3.8) is 0 Å². The molecular formula is C16H17N3O3S. The number of carbonyl (C=O) groups is 2. The zero-order chi connectivity index (χ0) is 16.1. The van der Waals surface area contributed by atoms with Crippen LogP contribution >= 0.6 is 11.8 Å². The van der Waals surface area contributed by atoms with Gasteiger partial charge >= 0.3 is 0 Å². The third-order valence-corrected chi connectivity index (χ3v) is 6.14. The molecule has 1 amide bonds. The summed E-state index contributed by atoms with van der Waals surface area (Å²) in [5, 5.41) is 11.3. The lowest BCUT2D eigenvalue weighted by molar-refractivity contribution is -0.696. The number of carboxylic acid groups (broad SMARTS) is 1. The molecule has 0 saturated carbocycles. The van der Waals surface area contributed by atoms with Crippen molar-refractivity contribution in [2.75, 3.05) is 5.75 Å². The molecule has 1 saturated heterocycles. The van der Waals surface area contributed by atoms with Gasteiger partial charge in [-0.3, -0.25) is 9.69 Å². The maximum atomic E-state index is 12.0. The molecule has 2 aliphatic heterocycles. The molecule has 1 aromatic rings. The molecule has 7 heteroatoms. The molecule has 120 valence electrons. The molecule has 3 aliphatic rings. The van der Waals surface area contributed by atoms with Crippen LogP contribution in [-0.2, 0) is 29.0 Å². The first kappa shape index (κ1) is 14.7. The van der Waals surface area contributed by atoms with Gasteiger partial charge in [0.2, 0.25) is 5.91 Å². The summed E-state index contributed by atoms with van der Waals surface area (Å²) in [6.45, 7) is 0.477. The lowest BCUT2D eigenvalue weighted by Gasteiger charge is -2.49. The first-order valence-electron chi connectivity index (χ1n) is 7.72. The van der Waals surface area contributed by atoms with Gasteiger partial charge in [0, 0.05) is 29.4 Å². The largest absolute Gasteiger partial charge is 0.543 e. The average Bonchev–Trinajstić information content (AvgIpc) is 3.03. The highest BCUT2D eigenvalue weighted by Crippen LogP contribution is 2.39. The van der Waals surface area contributed by atoms with Crippen molar-refractivity contribution in [3.05, 3.63) is 40.9 Å². The Morgan fingerprint density at radius 1 is 1.48 bits per heavy atom. The number of carbonyl (C=O) groups excluding carboxylic acids is 2. The third kappa shape index (κ3) is 2.18. The van der Waals surface area contributed by atoms with E-state index in [9.17, 15) is 14.7 Å². The monoisotopic (exact) mass is 331 g/mol. The Balaban J connectivity index is 1.71. The SMILES string of the molecule is NC1C(=O)N2C(C(=O)[O-])=C(C[n+]3cccc4c3CCC4)CSC12. The van der Waals surface area contributed by atoms with Crippen LogP contribution in [0.15, 0.2) is 29.6 Å². The summed E-state index contributed by atoms with van der Waals surface area (Å²) in [6.07, 6.45) is 5.18. The van der Waals surface area contributed by atoms with E-state index in [0.717, 1.165) is 24.8 Å². The first-order chi connectivity index (χ1) is 11.1. The first-order valence-corrected chi connectivity index (χ1v) is 8.76. The van der Waals surface area contributed by atoms with Crippen molar-refractivity contribution in [3.8, 4) is 0 Å². The van der Waals surface area contributed by atoms with Crippen LogP contribution in [0.25, 0.3) is 0 Å². The number of aryl methyl sites for hydroxylation is 1. The van der Waals surface area contributed by atoms with E-state index in [2.05, 4.69) is 10.6 Å². The van der Waals surface area contributed by atoms with Gasteiger partial charge in [0.1, 0.15) is 11.4 Å². The Bertz CT molecular complexity index is 746. The summed E-state index contributed by atoms with van der Waals surface area (Å²) < 4.78 is 2.10. The minimum absolute atomic E-state index is 0.0172. The van der Waals surface area contributed by atoms with Crippen LogP contribution in [0.3, 0.4) is 0 Å². The Morgan fingerprint density at radius 3 is 3.09 bits per heavy atom. The molecule has 3 heterocycles. The number of thioether (sulfide) groups is 1. The molecule has 23 heavy (non-hydrogen) atoms. The van der Waals surface area contributed by atoms with E-state index in [1.165, 1.54) is 27.9 Å². The molecule has 0 bridgehead atoms. The van der Waals surface area contributed by atoms with Gasteiger partial charge in [-0.05, 0) is 18.9 Å². The van der Waals surface area contributed by atoms with Crippen LogP contribution in [0.1, 0.15) is 17.7 Å². The molecule has 2 atom stereocenters. The molecule has 1 aliphatic carbocycles. The Kier molecular flexibility index (Phi) is 3.42. The second-order valence-corrected chi connectivity index (χ2v) is 7.24. The summed E-state index contributed by atoms with van der Waals surface area (Å²) in [5.74, 6) is -1.07. The zero-order valence-corrected chi connectivity index (χ0v) is 13.3. The number of hydrogen-bond acceptors (Lipinski definition) is 5. The van der Waals surface area contributed by atoms with Gasteiger partial charge < -0.3 is 15.6 Å². The van der Waals surface area contributed by atoms with E-state index in [1.54, 1.807) is 0 Å². The molecule has 2 N–H and O–H groups in total. The fourth-order valence-electron chi connectivity index (χ4n) is 3.66. The summed E-state index contributed by atoms with van der Waals surface area (Å²) in [5.41, 5.74) is 9.08. The predicted molar refractivity (Wildman–Crippen MR) is 81.8 cm³/mol. The molecule has 0 aromatic carbocycles. The third-order valence-electron chi connectivity index (χ3n) is 4.78. The summed E-state index contributed by atoms with van der Waals surface area (Å²) >= 11 is 1.52. The highest BCUT2D eigenvalue weighted by atomic mass is 32.2. The molecular weight excluding hydrogens is 314 g/mol. The van der Waals surface area contributed by atoms with Gasteiger partial charge in [0.25, 0.3) is 0 Å². The molecule has 6 nitrogen and oxygen atoms in total. The van der Waals surface area contributed by atoms with Crippen LogP contribution in [0.2, 0.25) is 0 Å². The topological polar surface area (TPSA) is 90.3 Å². The van der Waals surface area contributed by atoms with Gasteiger partial charge in [-0.1, -0.05) is 0 Å². The summed E-state index contributed by atoms with van der Waals surface area (Å²) in [6, 6.07) is 3.51. The van der Waals surface area contributed by atoms with E-state index in [0.29, 0.717) is 12.3 Å². The van der Waals surface area contributed by atoms with Gasteiger partial charge in [-0.25, -0.2) is 0 Å². The maximum absolute atomic E-state index is 12.0. The van der Waals surface area contributed by atoms with Crippen LogP contribution in [0.5, 0.6) is 0 Å². The average molecular weight is 331 g/mol. The van der Waals surface area contributed by atoms with E-state index in [-0.39, 0.29) is 17.0 Å². The smallest absolute Gasteiger partial charge is 0.248 e. The lowest BCUT2D eigenvalue weighted by Crippen LogP contribution is -2.69. The van der Waals surface area contributed by atoms with Crippen LogP contribution < -0.4 is 15.4 Å². The minimum atomic E-state index is -1.29. The van der Waals surface area contributed by atoms with Gasteiger partial charge in [-0.2, -0.15) is 4.57 Å². The highest BCUT2D eigenvalue weighted by Gasteiger charge is 2.50. The number of hydrogen-bond donors (Lipinski definition) is 1. The molecule has 0 radical (unpaired) electrons. The van der Waals surface area contributed by atoms with Crippen molar-refractivity contribution in [1.82, 2.24) is 4.90 Å².